The first-order valence-corrected chi connectivity index (χ1v) is 6.41. The lowest BCUT2D eigenvalue weighted by Crippen LogP contribution is -1.86. The first kappa shape index (κ1) is 29.0. The number of carboxylic acid groups (broad SMARTS) is 4. The van der Waals surface area contributed by atoms with E-state index in [9.17, 15) is 0 Å². The van der Waals surface area contributed by atoms with Gasteiger partial charge in [0.1, 0.15) is 0 Å². The molecule has 0 unspecified atom stereocenters. The molecule has 0 bridgehead atoms. The summed E-state index contributed by atoms with van der Waals surface area (Å²) in [5, 5.41) is 37.2. The first-order chi connectivity index (χ1) is 10.9. The van der Waals surface area contributed by atoms with Gasteiger partial charge in [0.2, 0.25) is 0 Å². The molecule has 0 aliphatic carbocycles. The molecule has 0 aromatic carbocycles. The van der Waals surface area contributed by atoms with Gasteiger partial charge in [-0.2, -0.15) is 10.2 Å². The second-order valence-corrected chi connectivity index (χ2v) is 3.64. The predicted molar refractivity (Wildman–Crippen MR) is 84.6 cm³/mol. The molecule has 1 aromatic rings. The quantitative estimate of drug-likeness (QED) is 0.580. The number of hydrogen-bond acceptors (Lipinski definition) is 6. The van der Waals surface area contributed by atoms with Crippen LogP contribution in [-0.4, -0.2) is 54.5 Å². The number of rotatable bonds is 1. The molecule has 10 nitrogen and oxygen atoms in total. The van der Waals surface area contributed by atoms with E-state index >= 15 is 0 Å². The van der Waals surface area contributed by atoms with Crippen molar-refractivity contribution < 1.29 is 39.6 Å². The molecular weight excluding hydrogens is 324 g/mol. The second kappa shape index (κ2) is 22.2. The van der Waals surface area contributed by atoms with Crippen molar-refractivity contribution in [2.45, 2.75) is 41.0 Å². The third-order valence-corrected chi connectivity index (χ3v) is 0.990. The van der Waals surface area contributed by atoms with Crippen LogP contribution in [0.15, 0.2) is 18.3 Å². The summed E-state index contributed by atoms with van der Waals surface area (Å²) in [6, 6.07) is 3.86. The van der Waals surface area contributed by atoms with Crippen LogP contribution in [0.2, 0.25) is 0 Å². The van der Waals surface area contributed by atoms with Gasteiger partial charge in [0.25, 0.3) is 23.9 Å². The Morgan fingerprint density at radius 1 is 0.833 bits per heavy atom. The van der Waals surface area contributed by atoms with Crippen molar-refractivity contribution in [3.05, 3.63) is 24.0 Å². The van der Waals surface area contributed by atoms with Crippen molar-refractivity contribution in [2.75, 3.05) is 0 Å². The first-order valence-electron chi connectivity index (χ1n) is 6.41. The topological polar surface area (TPSA) is 175 Å². The molecule has 0 spiro atoms. The minimum Gasteiger partial charge on any atom is -0.481 e. The molecule has 0 saturated heterocycles. The maximum atomic E-state index is 9.00. The third kappa shape index (κ3) is 126. The maximum Gasteiger partial charge on any atom is 0.300 e. The van der Waals surface area contributed by atoms with E-state index in [-0.39, 0.29) is 0 Å². The molecule has 4 N–H and O–H groups in total. The van der Waals surface area contributed by atoms with E-state index in [4.69, 9.17) is 39.6 Å². The van der Waals surface area contributed by atoms with E-state index in [0.29, 0.717) is 0 Å². The lowest BCUT2D eigenvalue weighted by atomic mass is 10.3. The highest BCUT2D eigenvalue weighted by Crippen LogP contribution is 1.88. The Morgan fingerprint density at radius 3 is 1.25 bits per heavy atom. The highest BCUT2D eigenvalue weighted by molar-refractivity contribution is 5.63. The van der Waals surface area contributed by atoms with Crippen molar-refractivity contribution >= 4 is 23.9 Å². The largest absolute Gasteiger partial charge is 0.481 e. The van der Waals surface area contributed by atoms with E-state index in [1.165, 1.54) is 0 Å². The zero-order valence-corrected chi connectivity index (χ0v) is 14.3. The molecule has 0 saturated carbocycles. The average molecular weight is 348 g/mol. The number of nitrogens with zero attached hydrogens (tertiary/aromatic N) is 2. The van der Waals surface area contributed by atoms with Crippen LogP contribution < -0.4 is 0 Å². The summed E-state index contributed by atoms with van der Waals surface area (Å²) in [6.07, 6.45) is 2.65. The summed E-state index contributed by atoms with van der Waals surface area (Å²) in [4.78, 5) is 36.0. The van der Waals surface area contributed by atoms with Gasteiger partial charge in [0.15, 0.2) is 0 Å². The Bertz CT molecular complexity index is 399. The van der Waals surface area contributed by atoms with Crippen LogP contribution >= 0.6 is 0 Å². The van der Waals surface area contributed by atoms with E-state index in [1.807, 2.05) is 12.1 Å². The molecule has 10 heteroatoms. The van der Waals surface area contributed by atoms with E-state index in [0.717, 1.165) is 39.8 Å². The molecule has 138 valence electrons. The second-order valence-electron chi connectivity index (χ2n) is 3.64. The Balaban J connectivity index is -0.000000110. The Kier molecular flexibility index (Phi) is 26.9. The molecule has 0 atom stereocenters. The smallest absolute Gasteiger partial charge is 0.300 e. The van der Waals surface area contributed by atoms with Crippen molar-refractivity contribution in [2.24, 2.45) is 0 Å². The summed E-state index contributed by atoms with van der Waals surface area (Å²) in [5.74, 6) is -3.33. The van der Waals surface area contributed by atoms with Gasteiger partial charge in [-0.1, -0.05) is 6.92 Å². The number of aryl methyl sites for hydroxylation is 1. The fourth-order valence-electron chi connectivity index (χ4n) is 0.522. The van der Waals surface area contributed by atoms with Crippen molar-refractivity contribution in [3.8, 4) is 0 Å². The predicted octanol–water partition coefficient (Wildman–Crippen LogP) is 1.40. The molecule has 1 rings (SSSR count). The van der Waals surface area contributed by atoms with Gasteiger partial charge in [-0.3, -0.25) is 19.2 Å². The van der Waals surface area contributed by atoms with Crippen molar-refractivity contribution in [1.82, 2.24) is 10.2 Å². The number of aliphatic carboxylic acids is 4. The number of hydrogen-bond donors (Lipinski definition) is 4. The molecule has 0 radical (unpaired) electrons. The van der Waals surface area contributed by atoms with E-state index in [2.05, 4.69) is 17.1 Å². The fraction of sp³-hybridized carbons (Fsp3) is 0.429. The van der Waals surface area contributed by atoms with Gasteiger partial charge in [0, 0.05) is 33.9 Å². The summed E-state index contributed by atoms with van der Waals surface area (Å²) in [5.41, 5.74) is 1.05. The monoisotopic (exact) mass is 348 g/mol. The average Bonchev–Trinajstić information content (AvgIpc) is 2.37. The van der Waals surface area contributed by atoms with Gasteiger partial charge >= 0.3 is 0 Å². The van der Waals surface area contributed by atoms with Gasteiger partial charge in [0.05, 0.1) is 5.69 Å². The molecule has 0 aliphatic heterocycles. The molecule has 0 fully saturated rings. The van der Waals surface area contributed by atoms with Crippen molar-refractivity contribution in [1.29, 1.82) is 0 Å². The number of aromatic nitrogens is 2. The minimum absolute atomic E-state index is 0.833. The van der Waals surface area contributed by atoms with Crippen LogP contribution in [0.25, 0.3) is 0 Å². The molecule has 24 heavy (non-hydrogen) atoms. The van der Waals surface area contributed by atoms with Crippen LogP contribution in [0, 0.1) is 0 Å². The van der Waals surface area contributed by atoms with Crippen LogP contribution in [-0.2, 0) is 25.6 Å². The number of carbonyl (C=O) groups is 4. The van der Waals surface area contributed by atoms with Crippen LogP contribution in [0.4, 0.5) is 0 Å². The minimum atomic E-state index is -0.833. The fourth-order valence-corrected chi connectivity index (χ4v) is 0.522. The SMILES string of the molecule is CC(=O)O.CC(=O)O.CC(=O)O.CC(=O)O.CCc1cccnn1. The summed E-state index contributed by atoms with van der Waals surface area (Å²) in [6.45, 7) is 6.39. The van der Waals surface area contributed by atoms with Crippen LogP contribution in [0.3, 0.4) is 0 Å². The zero-order chi connectivity index (χ0) is 20.1. The highest BCUT2D eigenvalue weighted by atomic mass is 16.4. The molecule has 0 aliphatic rings. The third-order valence-electron chi connectivity index (χ3n) is 0.990. The lowest BCUT2D eigenvalue weighted by molar-refractivity contribution is -0.135. The van der Waals surface area contributed by atoms with Crippen LogP contribution in [0.1, 0.15) is 40.3 Å². The van der Waals surface area contributed by atoms with Gasteiger partial charge in [-0.25, -0.2) is 0 Å². The molecular formula is C14H24N2O8. The summed E-state index contributed by atoms with van der Waals surface area (Å²) < 4.78 is 0. The highest BCUT2D eigenvalue weighted by Gasteiger charge is 1.83. The van der Waals surface area contributed by atoms with Crippen LogP contribution in [0.5, 0.6) is 0 Å². The molecule has 0 amide bonds. The van der Waals surface area contributed by atoms with E-state index < -0.39 is 23.9 Å². The molecule has 1 aromatic heterocycles. The van der Waals surface area contributed by atoms with Gasteiger partial charge in [-0.15, -0.1) is 0 Å². The van der Waals surface area contributed by atoms with E-state index in [1.54, 1.807) is 6.20 Å². The number of carboxylic acids is 4. The summed E-state index contributed by atoms with van der Waals surface area (Å²) in [7, 11) is 0. The molecule has 1 heterocycles. The normalized spacial score (nSPS) is 7.21. The van der Waals surface area contributed by atoms with Gasteiger partial charge < -0.3 is 20.4 Å². The van der Waals surface area contributed by atoms with Crippen molar-refractivity contribution in [3.63, 3.8) is 0 Å². The standard InChI is InChI=1S/C6H8N2.4C2H4O2/c1-2-6-4-3-5-7-8-6;4*1-2(3)4/h3-5H,2H2,1H3;4*1H3,(H,3,4). The Labute approximate surface area is 139 Å². The zero-order valence-electron chi connectivity index (χ0n) is 14.3. The maximum absolute atomic E-state index is 9.00. The summed E-state index contributed by atoms with van der Waals surface area (Å²) >= 11 is 0. The Morgan fingerprint density at radius 2 is 1.12 bits per heavy atom. The van der Waals surface area contributed by atoms with Gasteiger partial charge in [-0.05, 0) is 18.6 Å². The lowest BCUT2D eigenvalue weighted by Gasteiger charge is -1.87. The Hall–Kier alpha value is -3.04.